The first-order valence-corrected chi connectivity index (χ1v) is 16.6. The maximum Gasteiger partial charge on any atom is 0.325 e. The van der Waals surface area contributed by atoms with E-state index in [0.29, 0.717) is 66.5 Å². The number of urea groups is 1. The van der Waals surface area contributed by atoms with E-state index in [0.717, 1.165) is 44.3 Å². The number of rotatable bonds is 4. The number of carbonyl (C=O) groups is 2. The number of hydrogen-bond donors (Lipinski definition) is 2. The normalized spacial score (nSPS) is 25.4. The van der Waals surface area contributed by atoms with Crippen molar-refractivity contribution in [3.05, 3.63) is 42.8 Å². The monoisotopic (exact) mass is 631 g/mol. The van der Waals surface area contributed by atoms with Crippen LogP contribution in [0.4, 0.5) is 25.2 Å². The molecule has 0 radical (unpaired) electrons. The Kier molecular flexibility index (Phi) is 11.0. The molecule has 0 aromatic carbocycles. The second-order valence-electron chi connectivity index (χ2n) is 12.4. The lowest BCUT2D eigenvalue weighted by Gasteiger charge is -2.34. The Morgan fingerprint density at radius 2 is 1.86 bits per heavy atom. The topological polar surface area (TPSA) is 93.2 Å². The van der Waals surface area contributed by atoms with Crippen molar-refractivity contribution < 1.29 is 18.4 Å². The summed E-state index contributed by atoms with van der Waals surface area (Å²) in [6, 6.07) is 3.28. The number of aliphatic imine (C=N–C) groups is 1. The van der Waals surface area contributed by atoms with E-state index in [1.165, 1.54) is 0 Å². The van der Waals surface area contributed by atoms with Crippen molar-refractivity contribution in [1.82, 2.24) is 19.9 Å². The van der Waals surface area contributed by atoms with Crippen molar-refractivity contribution in [2.45, 2.75) is 84.1 Å². The average molecular weight is 632 g/mol. The molecule has 1 unspecified atom stereocenters. The Balaban J connectivity index is 0.00000216. The predicted molar refractivity (Wildman–Crippen MR) is 175 cm³/mol. The van der Waals surface area contributed by atoms with E-state index in [4.69, 9.17) is 4.98 Å². The standard InChI is InChI=1S/C30H41F2N7O2S.C2H6/c1-5-25-34-20(2)33-14-6-7-22-17-29(3,4)39(19-22)26-23(27(40)36-42-25)8-9-24(35-26)38-16-15-37(28(38)41)18-21-10-12-30(31,32)13-11-21;1-2/h5,8-9,21-22,33H,1-2,6-7,10-19H2,3-4H3,(H,36,40);1-2H3/b34-25+;. The van der Waals surface area contributed by atoms with Gasteiger partial charge in [0.25, 0.3) is 5.91 Å². The summed E-state index contributed by atoms with van der Waals surface area (Å²) in [6.07, 6.45) is 5.09. The molecular weight excluding hydrogens is 584 g/mol. The van der Waals surface area contributed by atoms with Gasteiger partial charge in [0.1, 0.15) is 22.5 Å². The van der Waals surface area contributed by atoms with Crippen LogP contribution in [-0.2, 0) is 0 Å². The number of alkyl halides is 2. The molecule has 4 heterocycles. The molecule has 1 aromatic heterocycles. The molecule has 1 saturated carbocycles. The molecule has 44 heavy (non-hydrogen) atoms. The third kappa shape index (κ3) is 7.92. The summed E-state index contributed by atoms with van der Waals surface area (Å²) in [6.45, 7) is 19.0. The van der Waals surface area contributed by atoms with Crippen LogP contribution in [0.3, 0.4) is 0 Å². The number of carbonyl (C=O) groups excluding carboxylic acids is 2. The Labute approximate surface area is 264 Å². The van der Waals surface area contributed by atoms with Crippen LogP contribution in [0, 0.1) is 11.8 Å². The van der Waals surface area contributed by atoms with Crippen molar-refractivity contribution in [3.63, 3.8) is 0 Å². The first kappa shape index (κ1) is 33.7. The summed E-state index contributed by atoms with van der Waals surface area (Å²) in [5.74, 6) is -0.859. The van der Waals surface area contributed by atoms with Crippen molar-refractivity contribution in [3.8, 4) is 0 Å². The lowest BCUT2D eigenvalue weighted by atomic mass is 9.86. The SMILES string of the molecule is C=C/C1=N\C(=C)NCCCC2CN(c3nc(N4CCN(CC5CCC(F)(F)CC5)C4=O)ccc3C(=O)NS1)C(C)(C)C2.CC. The minimum atomic E-state index is -2.59. The van der Waals surface area contributed by atoms with Gasteiger partial charge in [-0.1, -0.05) is 27.0 Å². The molecule has 242 valence electrons. The van der Waals surface area contributed by atoms with Crippen molar-refractivity contribution in [2.75, 3.05) is 42.5 Å². The number of anilines is 2. The van der Waals surface area contributed by atoms with Gasteiger partial charge in [-0.3, -0.25) is 14.4 Å². The quantitative estimate of drug-likeness (QED) is 0.364. The van der Waals surface area contributed by atoms with Crippen LogP contribution in [0.25, 0.3) is 0 Å². The zero-order valence-electron chi connectivity index (χ0n) is 26.5. The lowest BCUT2D eigenvalue weighted by Crippen LogP contribution is -2.41. The van der Waals surface area contributed by atoms with Crippen LogP contribution in [0.5, 0.6) is 0 Å². The van der Waals surface area contributed by atoms with Gasteiger partial charge in [-0.05, 0) is 76.0 Å². The smallest absolute Gasteiger partial charge is 0.325 e. The third-order valence-electron chi connectivity index (χ3n) is 8.79. The molecule has 1 aromatic rings. The molecule has 12 heteroatoms. The van der Waals surface area contributed by atoms with Crippen LogP contribution in [-0.4, -0.2) is 71.1 Å². The number of pyridine rings is 1. The highest BCUT2D eigenvalue weighted by Crippen LogP contribution is 2.41. The molecule has 9 nitrogen and oxygen atoms in total. The van der Waals surface area contributed by atoms with E-state index in [1.807, 2.05) is 13.8 Å². The van der Waals surface area contributed by atoms with Gasteiger partial charge in [-0.25, -0.2) is 23.6 Å². The van der Waals surface area contributed by atoms with E-state index < -0.39 is 5.92 Å². The fourth-order valence-electron chi connectivity index (χ4n) is 6.54. The van der Waals surface area contributed by atoms with E-state index in [9.17, 15) is 18.4 Å². The number of amides is 3. The number of hydrogen-bond acceptors (Lipinski definition) is 7. The van der Waals surface area contributed by atoms with E-state index in [2.05, 4.69) is 46.9 Å². The van der Waals surface area contributed by atoms with Gasteiger partial charge < -0.3 is 15.1 Å². The van der Waals surface area contributed by atoms with Gasteiger partial charge in [0, 0.05) is 63.1 Å². The van der Waals surface area contributed by atoms with E-state index in [-0.39, 0.29) is 36.2 Å². The first-order valence-electron chi connectivity index (χ1n) is 15.8. The van der Waals surface area contributed by atoms with Crippen molar-refractivity contribution >= 4 is 40.6 Å². The molecule has 2 bridgehead atoms. The van der Waals surface area contributed by atoms with Gasteiger partial charge in [-0.15, -0.1) is 0 Å². The van der Waals surface area contributed by atoms with Gasteiger partial charge in [0.15, 0.2) is 0 Å². The van der Waals surface area contributed by atoms with Gasteiger partial charge in [0.05, 0.1) is 5.56 Å². The van der Waals surface area contributed by atoms with Gasteiger partial charge in [0.2, 0.25) is 5.92 Å². The number of aromatic nitrogens is 1. The molecule has 5 rings (SSSR count). The highest BCUT2D eigenvalue weighted by atomic mass is 32.2. The Bertz CT molecular complexity index is 1260. The molecular formula is C32H47F2N7O2S. The summed E-state index contributed by atoms with van der Waals surface area (Å²) in [7, 11) is 0. The summed E-state index contributed by atoms with van der Waals surface area (Å²) in [4.78, 5) is 42.0. The molecule has 0 spiro atoms. The highest BCUT2D eigenvalue weighted by molar-refractivity contribution is 8.13. The molecule has 1 atom stereocenters. The summed E-state index contributed by atoms with van der Waals surface area (Å²) >= 11 is 1.06. The fraction of sp³-hybridized carbons (Fsp3) is 0.625. The second kappa shape index (κ2) is 14.3. The molecule has 3 fully saturated rings. The molecule has 2 saturated heterocycles. The Morgan fingerprint density at radius 3 is 2.57 bits per heavy atom. The largest absolute Gasteiger partial charge is 0.371 e. The highest BCUT2D eigenvalue weighted by Gasteiger charge is 2.42. The molecule has 2 N–H and O–H groups in total. The molecule has 1 aliphatic carbocycles. The second-order valence-corrected chi connectivity index (χ2v) is 13.2. The first-order chi connectivity index (χ1) is 21.0. The number of nitrogens with zero attached hydrogens (tertiary/aromatic N) is 5. The Morgan fingerprint density at radius 1 is 1.14 bits per heavy atom. The zero-order valence-corrected chi connectivity index (χ0v) is 27.3. The number of halogens is 2. The minimum absolute atomic E-state index is 0.0790. The fourth-order valence-corrected chi connectivity index (χ4v) is 7.09. The summed E-state index contributed by atoms with van der Waals surface area (Å²) in [5.41, 5.74) is 0.173. The molecule has 4 aliphatic rings. The van der Waals surface area contributed by atoms with Crippen molar-refractivity contribution in [1.29, 1.82) is 0 Å². The van der Waals surface area contributed by atoms with Crippen LogP contribution in [0.15, 0.2) is 42.2 Å². The Hall–Kier alpha value is -3.15. The summed E-state index contributed by atoms with van der Waals surface area (Å²) in [5, 5.41) is 3.75. The van der Waals surface area contributed by atoms with Gasteiger partial charge >= 0.3 is 6.03 Å². The maximum absolute atomic E-state index is 13.6. The molecule has 3 aliphatic heterocycles. The van der Waals surface area contributed by atoms with Crippen LogP contribution >= 0.6 is 11.9 Å². The van der Waals surface area contributed by atoms with Crippen LogP contribution < -0.4 is 19.8 Å². The maximum atomic E-state index is 13.6. The third-order valence-corrected chi connectivity index (χ3v) is 9.55. The number of nitrogens with one attached hydrogen (secondary N) is 2. The van der Waals surface area contributed by atoms with Crippen LogP contribution in [0.2, 0.25) is 0 Å². The van der Waals surface area contributed by atoms with Crippen LogP contribution in [0.1, 0.15) is 83.0 Å². The van der Waals surface area contributed by atoms with Gasteiger partial charge in [-0.2, -0.15) is 0 Å². The van der Waals surface area contributed by atoms with E-state index in [1.54, 1.807) is 28.0 Å². The zero-order chi connectivity index (χ0) is 32.1. The average Bonchev–Trinajstić information content (AvgIpc) is 3.51. The van der Waals surface area contributed by atoms with Crippen molar-refractivity contribution in [2.24, 2.45) is 16.8 Å². The molecule has 3 amide bonds. The lowest BCUT2D eigenvalue weighted by molar-refractivity contribution is -0.0473. The van der Waals surface area contributed by atoms with E-state index >= 15 is 0 Å². The predicted octanol–water partition coefficient (Wildman–Crippen LogP) is 6.60. The minimum Gasteiger partial charge on any atom is -0.371 e. The number of fused-ring (bicyclic) bond motifs is 4. The summed E-state index contributed by atoms with van der Waals surface area (Å²) < 4.78 is 30.2.